The van der Waals surface area contributed by atoms with Crippen molar-refractivity contribution >= 4 is 10.1 Å². The van der Waals surface area contributed by atoms with Gasteiger partial charge < -0.3 is 14.9 Å². The normalized spacial score (nSPS) is 17.4. The summed E-state index contributed by atoms with van der Waals surface area (Å²) in [5.74, 6) is -0.433. The molecule has 2 N–H and O–H groups in total. The number of nitrogens with zero attached hydrogens (tertiary/aromatic N) is 2. The molecule has 0 radical (unpaired) electrons. The Morgan fingerprint density at radius 2 is 1.50 bits per heavy atom. The molecule has 1 aliphatic heterocycles. The number of hydrogen-bond donors (Lipinski definition) is 2. The summed E-state index contributed by atoms with van der Waals surface area (Å²) in [6.45, 7) is 6.63. The van der Waals surface area contributed by atoms with Crippen LogP contribution in [0.2, 0.25) is 0 Å². The molecule has 0 aliphatic carbocycles. The zero-order valence-corrected chi connectivity index (χ0v) is 12.9. The van der Waals surface area contributed by atoms with Crippen LogP contribution >= 0.6 is 0 Å². The van der Waals surface area contributed by atoms with Crippen molar-refractivity contribution in [1.82, 2.24) is 9.80 Å². The highest BCUT2D eigenvalue weighted by atomic mass is 32.2. The fourth-order valence-corrected chi connectivity index (χ4v) is 2.32. The van der Waals surface area contributed by atoms with Gasteiger partial charge in [-0.25, -0.2) is 0 Å². The molecule has 1 aromatic carbocycles. The lowest BCUT2D eigenvalue weighted by molar-refractivity contribution is 0.181. The van der Waals surface area contributed by atoms with E-state index in [4.69, 9.17) is 9.66 Å². The molecule has 114 valence electrons. The summed E-state index contributed by atoms with van der Waals surface area (Å²) in [6, 6.07) is 3.91. The van der Waals surface area contributed by atoms with Gasteiger partial charge in [0, 0.05) is 26.2 Å². The van der Waals surface area contributed by atoms with E-state index in [-0.39, 0.29) is 0 Å². The average Bonchev–Trinajstić information content (AvgIpc) is 2.32. The molecule has 20 heavy (non-hydrogen) atoms. The summed E-state index contributed by atoms with van der Waals surface area (Å²) in [4.78, 5) is 4.26. The molecule has 0 amide bonds. The molecular weight excluding hydrogens is 280 g/mol. The Balaban J connectivity index is 0.000000217. The van der Waals surface area contributed by atoms with Gasteiger partial charge in [0.15, 0.2) is 0 Å². The zero-order chi connectivity index (χ0) is 15.3. The first-order valence-corrected chi connectivity index (χ1v) is 7.78. The van der Waals surface area contributed by atoms with Crippen molar-refractivity contribution < 1.29 is 18.1 Å². The lowest BCUT2D eigenvalue weighted by Crippen LogP contribution is -2.42. The second kappa shape index (κ2) is 7.03. The van der Waals surface area contributed by atoms with Crippen LogP contribution in [0, 0.1) is 6.92 Å². The fraction of sp³-hybridized carbons (Fsp3) is 0.538. The van der Waals surface area contributed by atoms with Gasteiger partial charge in [-0.2, -0.15) is 8.42 Å². The van der Waals surface area contributed by atoms with Gasteiger partial charge in [-0.05, 0) is 38.7 Å². The molecular formula is C13H22N2O4S. The van der Waals surface area contributed by atoms with Crippen LogP contribution < -0.4 is 0 Å². The number of aromatic hydroxyl groups is 1. The molecule has 0 atom stereocenters. The monoisotopic (exact) mass is 302 g/mol. The van der Waals surface area contributed by atoms with E-state index in [0.29, 0.717) is 0 Å². The van der Waals surface area contributed by atoms with Gasteiger partial charge in [-0.3, -0.25) is 4.55 Å². The number of rotatable bonds is 1. The van der Waals surface area contributed by atoms with Crippen LogP contribution in [-0.4, -0.2) is 68.2 Å². The summed E-state index contributed by atoms with van der Waals surface area (Å²) < 4.78 is 29.7. The van der Waals surface area contributed by atoms with Crippen LogP contribution in [0.4, 0.5) is 0 Å². The molecule has 6 nitrogen and oxygen atoms in total. The molecule has 1 heterocycles. The highest BCUT2D eigenvalue weighted by molar-refractivity contribution is 7.86. The predicted molar refractivity (Wildman–Crippen MR) is 77.7 cm³/mol. The standard InChI is InChI=1S/C7H8O4S.C6H14N2/c1-5-2-3-7(6(8)4-5)12(9,10)11;1-7-3-5-8(2)6-4-7/h2-4,8H,1H3,(H,9,10,11);3-6H2,1-2H3. The van der Waals surface area contributed by atoms with E-state index in [9.17, 15) is 8.42 Å². The number of aryl methyl sites for hydroxylation is 1. The Bertz CT molecular complexity index is 527. The van der Waals surface area contributed by atoms with Crippen LogP contribution in [0.3, 0.4) is 0 Å². The molecule has 0 spiro atoms. The van der Waals surface area contributed by atoms with Gasteiger partial charge in [0.2, 0.25) is 0 Å². The molecule has 2 rings (SSSR count). The van der Waals surface area contributed by atoms with E-state index in [1.165, 1.54) is 38.3 Å². The number of phenols is 1. The predicted octanol–water partition coefficient (Wildman–Crippen LogP) is 0.811. The smallest absolute Gasteiger partial charge is 0.298 e. The minimum atomic E-state index is -4.30. The SMILES string of the molecule is CN1CCN(C)CC1.Cc1ccc(S(=O)(=O)O)c(O)c1. The number of phenolic OH excluding ortho intramolecular Hbond substituents is 1. The average molecular weight is 302 g/mol. The van der Waals surface area contributed by atoms with Gasteiger partial charge >= 0.3 is 0 Å². The molecule has 0 aromatic heterocycles. The van der Waals surface area contributed by atoms with Crippen LogP contribution in [0.5, 0.6) is 5.75 Å². The Morgan fingerprint density at radius 3 is 1.85 bits per heavy atom. The minimum Gasteiger partial charge on any atom is -0.506 e. The van der Waals surface area contributed by atoms with Crippen molar-refractivity contribution in [2.45, 2.75) is 11.8 Å². The maximum atomic E-state index is 10.6. The van der Waals surface area contributed by atoms with E-state index < -0.39 is 20.8 Å². The van der Waals surface area contributed by atoms with E-state index in [2.05, 4.69) is 23.9 Å². The van der Waals surface area contributed by atoms with Crippen molar-refractivity contribution in [3.63, 3.8) is 0 Å². The van der Waals surface area contributed by atoms with Gasteiger partial charge in [-0.1, -0.05) is 6.07 Å². The Kier molecular flexibility index (Phi) is 5.94. The van der Waals surface area contributed by atoms with Gasteiger partial charge in [0.1, 0.15) is 10.6 Å². The van der Waals surface area contributed by atoms with Crippen molar-refractivity contribution in [2.75, 3.05) is 40.3 Å². The molecule has 0 bridgehead atoms. The van der Waals surface area contributed by atoms with E-state index >= 15 is 0 Å². The lowest BCUT2D eigenvalue weighted by Gasteiger charge is -2.28. The highest BCUT2D eigenvalue weighted by Gasteiger charge is 2.14. The molecule has 0 unspecified atom stereocenters. The number of piperazine rings is 1. The summed E-state index contributed by atoms with van der Waals surface area (Å²) in [5.41, 5.74) is 0.722. The van der Waals surface area contributed by atoms with E-state index in [1.54, 1.807) is 6.92 Å². The Morgan fingerprint density at radius 1 is 1.05 bits per heavy atom. The van der Waals surface area contributed by atoms with Crippen molar-refractivity contribution in [2.24, 2.45) is 0 Å². The topological polar surface area (TPSA) is 81.1 Å². The third-order valence-electron chi connectivity index (χ3n) is 3.12. The molecule has 1 fully saturated rings. The first-order chi connectivity index (χ1) is 9.20. The Hall–Kier alpha value is -1.15. The highest BCUT2D eigenvalue weighted by Crippen LogP contribution is 2.22. The van der Waals surface area contributed by atoms with Crippen LogP contribution in [0.15, 0.2) is 23.1 Å². The van der Waals surface area contributed by atoms with E-state index in [0.717, 1.165) is 11.6 Å². The van der Waals surface area contributed by atoms with Gasteiger partial charge in [0.25, 0.3) is 10.1 Å². The van der Waals surface area contributed by atoms with Crippen LogP contribution in [-0.2, 0) is 10.1 Å². The van der Waals surface area contributed by atoms with E-state index in [1.807, 2.05) is 0 Å². The summed E-state index contributed by atoms with van der Waals surface area (Å²) in [5, 5.41) is 9.09. The van der Waals surface area contributed by atoms with Crippen molar-refractivity contribution in [1.29, 1.82) is 0 Å². The van der Waals surface area contributed by atoms with Crippen LogP contribution in [0.1, 0.15) is 5.56 Å². The largest absolute Gasteiger partial charge is 0.506 e. The second-order valence-corrected chi connectivity index (χ2v) is 6.44. The molecule has 1 saturated heterocycles. The first-order valence-electron chi connectivity index (χ1n) is 6.34. The number of hydrogen-bond acceptors (Lipinski definition) is 5. The molecule has 1 aromatic rings. The van der Waals surface area contributed by atoms with Gasteiger partial charge in [0.05, 0.1) is 0 Å². The summed E-state index contributed by atoms with van der Waals surface area (Å²) in [6.07, 6.45) is 0. The maximum absolute atomic E-state index is 10.6. The molecule has 0 saturated carbocycles. The fourth-order valence-electron chi connectivity index (χ4n) is 1.75. The lowest BCUT2D eigenvalue weighted by atomic mass is 10.2. The maximum Gasteiger partial charge on any atom is 0.298 e. The van der Waals surface area contributed by atoms with Gasteiger partial charge in [-0.15, -0.1) is 0 Å². The zero-order valence-electron chi connectivity index (χ0n) is 12.1. The number of likely N-dealkylation sites (N-methyl/N-ethyl adjacent to an activating group) is 2. The molecule has 1 aliphatic rings. The third kappa shape index (κ3) is 5.46. The number of benzene rings is 1. The Labute approximate surface area is 120 Å². The second-order valence-electron chi connectivity index (χ2n) is 5.05. The third-order valence-corrected chi connectivity index (χ3v) is 4.02. The first kappa shape index (κ1) is 16.9. The quantitative estimate of drug-likeness (QED) is 0.747. The summed E-state index contributed by atoms with van der Waals surface area (Å²) >= 11 is 0. The summed E-state index contributed by atoms with van der Waals surface area (Å²) in [7, 11) is 0.0470. The minimum absolute atomic E-state index is 0.433. The van der Waals surface area contributed by atoms with Crippen molar-refractivity contribution in [3.8, 4) is 5.75 Å². The van der Waals surface area contributed by atoms with Crippen LogP contribution in [0.25, 0.3) is 0 Å². The molecule has 7 heteroatoms. The van der Waals surface area contributed by atoms with Crippen molar-refractivity contribution in [3.05, 3.63) is 23.8 Å².